The third-order valence-electron chi connectivity index (χ3n) is 2.99. The highest BCUT2D eigenvalue weighted by Crippen LogP contribution is 2.20. The first-order valence-electron chi connectivity index (χ1n) is 6.70. The van der Waals surface area contributed by atoms with Crippen LogP contribution in [0.15, 0.2) is 34.0 Å². The number of aromatic nitrogens is 1. The summed E-state index contributed by atoms with van der Waals surface area (Å²) < 4.78 is 59.5. The van der Waals surface area contributed by atoms with E-state index in [1.807, 2.05) is 4.98 Å². The lowest BCUT2D eigenvalue weighted by molar-refractivity contribution is 0.441. The SMILES string of the molecule is Cc1cc(=O)[nH]c(O)c1CS(=O)(=O)O.Nc1ccc(S(=O)(=O)O)c(N)c1. The smallest absolute Gasteiger partial charge is 0.296 e. The molecule has 2 rings (SSSR count). The van der Waals surface area contributed by atoms with Crippen molar-refractivity contribution in [1.29, 1.82) is 0 Å². The summed E-state index contributed by atoms with van der Waals surface area (Å²) in [5.74, 6) is -1.26. The molecule has 2 aromatic rings. The monoisotopic (exact) mass is 407 g/mol. The van der Waals surface area contributed by atoms with Crippen LogP contribution in [0.3, 0.4) is 0 Å². The maximum atomic E-state index is 10.8. The molecule has 13 heteroatoms. The minimum atomic E-state index is -4.23. The van der Waals surface area contributed by atoms with Crippen molar-refractivity contribution in [1.82, 2.24) is 4.98 Å². The van der Waals surface area contributed by atoms with E-state index in [0.717, 1.165) is 12.1 Å². The second-order valence-electron chi connectivity index (χ2n) is 5.14. The summed E-state index contributed by atoms with van der Waals surface area (Å²) in [6.45, 7) is 1.47. The molecule has 1 heterocycles. The number of hydrogen-bond donors (Lipinski definition) is 6. The average Bonchev–Trinajstić information content (AvgIpc) is 2.41. The lowest BCUT2D eigenvalue weighted by atomic mass is 10.2. The number of nitrogen functional groups attached to an aromatic ring is 2. The summed E-state index contributed by atoms with van der Waals surface area (Å²) in [7, 11) is -8.45. The largest absolute Gasteiger partial charge is 0.494 e. The van der Waals surface area contributed by atoms with Gasteiger partial charge in [0, 0.05) is 17.3 Å². The van der Waals surface area contributed by atoms with Crippen LogP contribution in [0.5, 0.6) is 5.88 Å². The molecule has 8 N–H and O–H groups in total. The van der Waals surface area contributed by atoms with Gasteiger partial charge in [-0.25, -0.2) is 0 Å². The van der Waals surface area contributed by atoms with E-state index < -0.39 is 37.4 Å². The van der Waals surface area contributed by atoms with Crippen LogP contribution in [0.4, 0.5) is 11.4 Å². The van der Waals surface area contributed by atoms with Crippen molar-refractivity contribution in [2.24, 2.45) is 0 Å². The molecule has 0 bridgehead atoms. The highest BCUT2D eigenvalue weighted by molar-refractivity contribution is 7.86. The lowest BCUT2D eigenvalue weighted by Crippen LogP contribution is -2.10. The molecule has 1 aromatic carbocycles. The normalized spacial score (nSPS) is 11.5. The van der Waals surface area contributed by atoms with Crippen LogP contribution in [0.1, 0.15) is 11.1 Å². The Labute approximate surface area is 148 Å². The first-order valence-corrected chi connectivity index (χ1v) is 9.75. The number of aryl methyl sites for hydroxylation is 1. The van der Waals surface area contributed by atoms with Crippen molar-refractivity contribution < 1.29 is 31.0 Å². The van der Waals surface area contributed by atoms with Crippen LogP contribution < -0.4 is 17.0 Å². The van der Waals surface area contributed by atoms with Crippen LogP contribution >= 0.6 is 0 Å². The molecule has 0 unspecified atom stereocenters. The number of nitrogens with one attached hydrogen (secondary N) is 1. The lowest BCUT2D eigenvalue weighted by Gasteiger charge is -2.04. The fraction of sp³-hybridized carbons (Fsp3) is 0.154. The number of aromatic hydroxyl groups is 1. The summed E-state index contributed by atoms with van der Waals surface area (Å²) in [6.07, 6.45) is 0. The maximum absolute atomic E-state index is 10.8. The molecule has 0 aliphatic rings. The van der Waals surface area contributed by atoms with Gasteiger partial charge in [-0.15, -0.1) is 0 Å². The Hall–Kier alpha value is -2.61. The first kappa shape index (κ1) is 21.4. The summed E-state index contributed by atoms with van der Waals surface area (Å²) in [6, 6.07) is 4.91. The van der Waals surface area contributed by atoms with Crippen molar-refractivity contribution in [3.63, 3.8) is 0 Å². The zero-order chi connectivity index (χ0) is 20.3. The van der Waals surface area contributed by atoms with Crippen LogP contribution in [0.25, 0.3) is 0 Å². The molecule has 0 fully saturated rings. The first-order chi connectivity index (χ1) is 11.7. The molecule has 0 saturated carbocycles. The van der Waals surface area contributed by atoms with E-state index in [9.17, 15) is 26.7 Å². The third kappa shape index (κ3) is 6.36. The van der Waals surface area contributed by atoms with E-state index in [1.54, 1.807) is 0 Å². The molecule has 1 aromatic heterocycles. The maximum Gasteiger partial charge on any atom is 0.296 e. The summed E-state index contributed by atoms with van der Waals surface area (Å²) in [5.41, 5.74) is 10.7. The van der Waals surface area contributed by atoms with E-state index in [1.165, 1.54) is 19.1 Å². The van der Waals surface area contributed by atoms with Gasteiger partial charge in [-0.1, -0.05) is 0 Å². The van der Waals surface area contributed by atoms with Crippen LogP contribution in [-0.2, 0) is 26.0 Å². The van der Waals surface area contributed by atoms with Crippen molar-refractivity contribution in [2.75, 3.05) is 11.5 Å². The van der Waals surface area contributed by atoms with Crippen LogP contribution in [0, 0.1) is 6.92 Å². The van der Waals surface area contributed by atoms with Gasteiger partial charge in [-0.2, -0.15) is 16.8 Å². The Kier molecular flexibility index (Phi) is 6.38. The summed E-state index contributed by atoms with van der Waals surface area (Å²) in [4.78, 5) is 12.5. The number of pyridine rings is 1. The highest BCUT2D eigenvalue weighted by Gasteiger charge is 2.14. The van der Waals surface area contributed by atoms with Gasteiger partial charge in [-0.3, -0.25) is 18.9 Å². The number of benzene rings is 1. The van der Waals surface area contributed by atoms with E-state index in [0.29, 0.717) is 11.3 Å². The molecular weight excluding hydrogens is 390 g/mol. The number of hydrogen-bond acceptors (Lipinski definition) is 8. The molecule has 11 nitrogen and oxygen atoms in total. The highest BCUT2D eigenvalue weighted by atomic mass is 32.2. The molecule has 0 aliphatic heterocycles. The van der Waals surface area contributed by atoms with Crippen molar-refractivity contribution in [3.8, 4) is 5.88 Å². The molecule has 0 saturated heterocycles. The Balaban J connectivity index is 0.000000263. The Morgan fingerprint density at radius 1 is 1.08 bits per heavy atom. The number of rotatable bonds is 3. The van der Waals surface area contributed by atoms with Gasteiger partial charge in [0.1, 0.15) is 10.6 Å². The molecule has 26 heavy (non-hydrogen) atoms. The van der Waals surface area contributed by atoms with Crippen molar-refractivity contribution >= 4 is 31.6 Å². The van der Waals surface area contributed by atoms with Gasteiger partial charge in [0.15, 0.2) is 5.88 Å². The average molecular weight is 407 g/mol. The van der Waals surface area contributed by atoms with Gasteiger partial charge in [0.25, 0.3) is 25.8 Å². The fourth-order valence-electron chi connectivity index (χ4n) is 1.87. The number of nitrogens with two attached hydrogens (primary N) is 2. The Bertz CT molecular complexity index is 1050. The zero-order valence-electron chi connectivity index (χ0n) is 13.4. The van der Waals surface area contributed by atoms with Crippen LogP contribution in [0.2, 0.25) is 0 Å². The van der Waals surface area contributed by atoms with Crippen molar-refractivity contribution in [3.05, 3.63) is 45.7 Å². The molecular formula is C13H17N3O8S2. The van der Waals surface area contributed by atoms with Gasteiger partial charge in [0.05, 0.1) is 5.69 Å². The predicted molar refractivity (Wildman–Crippen MR) is 93.8 cm³/mol. The van der Waals surface area contributed by atoms with Gasteiger partial charge in [0.2, 0.25) is 0 Å². The Morgan fingerprint density at radius 3 is 2.08 bits per heavy atom. The standard InChI is InChI=1S/C7H9NO5S.C6H8N2O3S/c1-4-2-6(9)8-7(10)5(4)3-14(11,12)13;7-4-1-2-6(5(8)3-4)12(9,10)11/h2H,3H2,1H3,(H2,8,9,10)(H,11,12,13);1-3H,7-8H2,(H,9,10,11). The van der Waals surface area contributed by atoms with E-state index in [-0.39, 0.29) is 16.1 Å². The second kappa shape index (κ2) is 7.74. The minimum absolute atomic E-state index is 0.00731. The topological polar surface area (TPSA) is 214 Å². The van der Waals surface area contributed by atoms with Gasteiger partial charge < -0.3 is 16.6 Å². The molecule has 0 spiro atoms. The molecule has 0 radical (unpaired) electrons. The second-order valence-corrected chi connectivity index (χ2v) is 7.98. The molecule has 0 atom stereocenters. The van der Waals surface area contributed by atoms with E-state index >= 15 is 0 Å². The molecule has 0 amide bonds. The minimum Gasteiger partial charge on any atom is -0.494 e. The third-order valence-corrected chi connectivity index (χ3v) is 4.57. The Morgan fingerprint density at radius 2 is 1.65 bits per heavy atom. The summed E-state index contributed by atoms with van der Waals surface area (Å²) in [5, 5.41) is 9.20. The summed E-state index contributed by atoms with van der Waals surface area (Å²) >= 11 is 0. The van der Waals surface area contributed by atoms with E-state index in [2.05, 4.69) is 0 Å². The van der Waals surface area contributed by atoms with Gasteiger partial charge >= 0.3 is 0 Å². The quantitative estimate of drug-likeness (QED) is 0.293. The number of anilines is 2. The van der Waals surface area contributed by atoms with Gasteiger partial charge in [-0.05, 0) is 30.7 Å². The predicted octanol–water partition coefficient (Wildman–Crippen LogP) is -0.126. The number of aromatic amines is 1. The zero-order valence-corrected chi connectivity index (χ0v) is 15.0. The molecule has 144 valence electrons. The number of H-pyrrole nitrogens is 1. The van der Waals surface area contributed by atoms with Crippen molar-refractivity contribution in [2.45, 2.75) is 17.6 Å². The molecule has 0 aliphatic carbocycles. The van der Waals surface area contributed by atoms with E-state index in [4.69, 9.17) is 20.6 Å². The van der Waals surface area contributed by atoms with Crippen LogP contribution in [-0.4, -0.2) is 36.0 Å². The fourth-order valence-corrected chi connectivity index (χ4v) is 3.19.